The molecule has 7 heteroatoms. The van der Waals surface area contributed by atoms with Gasteiger partial charge in [-0.05, 0) is 55.9 Å². The summed E-state index contributed by atoms with van der Waals surface area (Å²) in [5, 5.41) is 15.3. The van der Waals surface area contributed by atoms with Gasteiger partial charge in [0.1, 0.15) is 11.2 Å². The number of hydrogen-bond donors (Lipinski definition) is 1. The van der Waals surface area contributed by atoms with Gasteiger partial charge in [0, 0.05) is 5.39 Å². The summed E-state index contributed by atoms with van der Waals surface area (Å²) in [6.45, 7) is 9.28. The molecule has 0 fully saturated rings. The molecule has 154 valence electrons. The number of nitrogens with one attached hydrogen (secondary N) is 1. The predicted octanol–water partition coefficient (Wildman–Crippen LogP) is 2.29. The van der Waals surface area contributed by atoms with E-state index in [1.807, 2.05) is 27.7 Å². The largest absolute Gasteiger partial charge is 0.548 e. The van der Waals surface area contributed by atoms with Crippen LogP contribution in [0.25, 0.3) is 21.9 Å². The third-order valence-electron chi connectivity index (χ3n) is 5.13. The van der Waals surface area contributed by atoms with Crippen LogP contribution in [-0.2, 0) is 16.0 Å². The van der Waals surface area contributed by atoms with Crippen LogP contribution in [0.3, 0.4) is 0 Å². The molecule has 1 N–H and O–H groups in total. The van der Waals surface area contributed by atoms with Crippen molar-refractivity contribution < 1.29 is 23.5 Å². The van der Waals surface area contributed by atoms with Gasteiger partial charge in [-0.1, -0.05) is 13.8 Å². The summed E-state index contributed by atoms with van der Waals surface area (Å²) < 4.78 is 11.2. The number of benzene rings is 1. The monoisotopic (exact) mass is 398 g/mol. The first-order chi connectivity index (χ1) is 13.6. The Morgan fingerprint density at radius 2 is 1.83 bits per heavy atom. The van der Waals surface area contributed by atoms with Crippen molar-refractivity contribution in [3.63, 3.8) is 0 Å². The minimum atomic E-state index is -1.35. The molecule has 0 unspecified atom stereocenters. The average molecular weight is 398 g/mol. The zero-order valence-corrected chi connectivity index (χ0v) is 17.2. The van der Waals surface area contributed by atoms with E-state index >= 15 is 0 Å². The molecule has 0 aliphatic carbocycles. The summed E-state index contributed by atoms with van der Waals surface area (Å²) in [4.78, 5) is 36.3. The number of aryl methyl sites for hydroxylation is 3. The number of amides is 1. The van der Waals surface area contributed by atoms with Crippen LogP contribution in [0.4, 0.5) is 0 Å². The van der Waals surface area contributed by atoms with Gasteiger partial charge in [-0.3, -0.25) is 4.79 Å². The van der Waals surface area contributed by atoms with Crippen molar-refractivity contribution in [2.45, 2.75) is 53.5 Å². The molecule has 2 aromatic heterocycles. The predicted molar refractivity (Wildman–Crippen MR) is 107 cm³/mol. The minimum Gasteiger partial charge on any atom is -0.548 e. The van der Waals surface area contributed by atoms with E-state index in [9.17, 15) is 19.5 Å². The number of fused-ring (bicyclic) bond motifs is 3. The number of carboxylic acids is 1. The van der Waals surface area contributed by atoms with Crippen molar-refractivity contribution in [2.75, 3.05) is 0 Å². The van der Waals surface area contributed by atoms with Crippen LogP contribution in [0, 0.1) is 26.7 Å². The SMILES string of the molecule is Cc1coc2c1c(C)cc1oc(=O)c(CC(=O)N[C@@H](CC(C)C)C(=O)[O-])c(C)c12. The number of carboxylic acid groups (broad SMARTS) is 1. The Bertz CT molecular complexity index is 1170. The molecule has 1 amide bonds. The van der Waals surface area contributed by atoms with Gasteiger partial charge >= 0.3 is 5.63 Å². The van der Waals surface area contributed by atoms with E-state index in [-0.39, 0.29) is 24.3 Å². The highest BCUT2D eigenvalue weighted by Gasteiger charge is 2.21. The zero-order chi connectivity index (χ0) is 21.5. The van der Waals surface area contributed by atoms with Gasteiger partial charge < -0.3 is 24.1 Å². The van der Waals surface area contributed by atoms with E-state index in [2.05, 4.69) is 5.32 Å². The third-order valence-corrected chi connectivity index (χ3v) is 5.13. The molecule has 0 saturated heterocycles. The molecule has 7 nitrogen and oxygen atoms in total. The lowest BCUT2D eigenvalue weighted by molar-refractivity contribution is -0.308. The van der Waals surface area contributed by atoms with Gasteiger partial charge in [0.2, 0.25) is 5.91 Å². The molecule has 1 atom stereocenters. The van der Waals surface area contributed by atoms with Crippen LogP contribution in [0.15, 0.2) is 26.0 Å². The first kappa shape index (κ1) is 20.6. The molecular weight excluding hydrogens is 374 g/mol. The number of furan rings is 1. The van der Waals surface area contributed by atoms with Gasteiger partial charge in [-0.25, -0.2) is 4.79 Å². The Balaban J connectivity index is 2.03. The fourth-order valence-corrected chi connectivity index (χ4v) is 3.77. The van der Waals surface area contributed by atoms with Crippen LogP contribution in [0.5, 0.6) is 0 Å². The first-order valence-electron chi connectivity index (χ1n) is 9.54. The maximum absolute atomic E-state index is 12.5. The van der Waals surface area contributed by atoms with E-state index in [0.29, 0.717) is 22.1 Å². The zero-order valence-electron chi connectivity index (χ0n) is 17.2. The topological polar surface area (TPSA) is 113 Å². The molecule has 3 rings (SSSR count). The smallest absolute Gasteiger partial charge is 0.340 e. The summed E-state index contributed by atoms with van der Waals surface area (Å²) >= 11 is 0. The van der Waals surface area contributed by atoms with Crippen LogP contribution in [0.2, 0.25) is 0 Å². The van der Waals surface area contributed by atoms with Crippen LogP contribution in [0.1, 0.15) is 42.5 Å². The lowest BCUT2D eigenvalue weighted by Crippen LogP contribution is -2.49. The summed E-state index contributed by atoms with van der Waals surface area (Å²) in [5.74, 6) is -1.87. The van der Waals surface area contributed by atoms with Crippen molar-refractivity contribution in [3.8, 4) is 0 Å². The second-order valence-corrected chi connectivity index (χ2v) is 7.93. The molecule has 0 bridgehead atoms. The van der Waals surface area contributed by atoms with E-state index < -0.39 is 23.5 Å². The van der Waals surface area contributed by atoms with Gasteiger partial charge in [0.05, 0.1) is 35.6 Å². The van der Waals surface area contributed by atoms with E-state index in [0.717, 1.165) is 16.5 Å². The number of aliphatic carboxylic acids is 1. The molecule has 0 aliphatic rings. The Hall–Kier alpha value is -3.09. The second-order valence-electron chi connectivity index (χ2n) is 7.93. The molecule has 1 aromatic carbocycles. The first-order valence-corrected chi connectivity index (χ1v) is 9.54. The number of rotatable bonds is 6. The van der Waals surface area contributed by atoms with Crippen molar-refractivity contribution in [1.29, 1.82) is 0 Å². The molecule has 2 heterocycles. The van der Waals surface area contributed by atoms with Crippen molar-refractivity contribution in [2.24, 2.45) is 5.92 Å². The van der Waals surface area contributed by atoms with Crippen LogP contribution < -0.4 is 16.0 Å². The van der Waals surface area contributed by atoms with E-state index in [1.165, 1.54) is 0 Å². The molecule has 29 heavy (non-hydrogen) atoms. The lowest BCUT2D eigenvalue weighted by atomic mass is 9.98. The summed E-state index contributed by atoms with van der Waals surface area (Å²) in [5.41, 5.74) is 3.03. The molecule has 0 spiro atoms. The fourth-order valence-electron chi connectivity index (χ4n) is 3.77. The Morgan fingerprint density at radius 1 is 1.14 bits per heavy atom. The second kappa shape index (κ2) is 7.73. The van der Waals surface area contributed by atoms with Crippen LogP contribution in [-0.4, -0.2) is 17.9 Å². The van der Waals surface area contributed by atoms with Gasteiger partial charge in [0.25, 0.3) is 0 Å². The highest BCUT2D eigenvalue weighted by Crippen LogP contribution is 2.34. The Kier molecular flexibility index (Phi) is 5.50. The van der Waals surface area contributed by atoms with Crippen molar-refractivity contribution >= 4 is 33.8 Å². The number of carbonyl (C=O) groups excluding carboxylic acids is 2. The number of carbonyl (C=O) groups is 2. The maximum Gasteiger partial charge on any atom is 0.340 e. The average Bonchev–Trinajstić information content (AvgIpc) is 2.99. The van der Waals surface area contributed by atoms with Crippen molar-refractivity contribution in [1.82, 2.24) is 5.32 Å². The summed E-state index contributed by atoms with van der Waals surface area (Å²) in [6.07, 6.45) is 1.59. The molecular formula is C22H24NO6-. The quantitative estimate of drug-likeness (QED) is 0.638. The van der Waals surface area contributed by atoms with E-state index in [4.69, 9.17) is 8.83 Å². The van der Waals surface area contributed by atoms with Gasteiger partial charge in [-0.15, -0.1) is 0 Å². The molecule has 0 saturated carbocycles. The summed E-state index contributed by atoms with van der Waals surface area (Å²) in [7, 11) is 0. The minimum absolute atomic E-state index is 0.0596. The highest BCUT2D eigenvalue weighted by atomic mass is 16.4. The third kappa shape index (κ3) is 3.90. The molecule has 0 radical (unpaired) electrons. The van der Waals surface area contributed by atoms with Gasteiger partial charge in [0.15, 0.2) is 0 Å². The van der Waals surface area contributed by atoms with E-state index in [1.54, 1.807) is 19.3 Å². The van der Waals surface area contributed by atoms with Gasteiger partial charge in [-0.2, -0.15) is 0 Å². The number of hydrogen-bond acceptors (Lipinski definition) is 6. The fraction of sp³-hybridized carbons (Fsp3) is 0.409. The normalized spacial score (nSPS) is 12.6. The summed E-state index contributed by atoms with van der Waals surface area (Å²) in [6, 6.07) is 0.671. The lowest BCUT2D eigenvalue weighted by Gasteiger charge is -2.21. The van der Waals surface area contributed by atoms with Crippen LogP contribution >= 0.6 is 0 Å². The molecule has 0 aliphatic heterocycles. The Labute approximate surface area is 167 Å². The van der Waals surface area contributed by atoms with Crippen molar-refractivity contribution in [3.05, 3.63) is 45.0 Å². The Morgan fingerprint density at radius 3 is 2.45 bits per heavy atom. The molecule has 3 aromatic rings. The highest BCUT2D eigenvalue weighted by molar-refractivity contribution is 6.07. The maximum atomic E-state index is 12.5. The standard InChI is InChI=1S/C22H25NO6/c1-10(2)6-15(21(25)26)23-17(24)8-14-13(5)19-16(29-22(14)27)7-11(3)18-12(4)9-28-20(18)19/h7,9-10,15H,6,8H2,1-5H3,(H,23,24)(H,25,26)/p-1/t15-/m0/s1.